The van der Waals surface area contributed by atoms with Gasteiger partial charge in [0.15, 0.2) is 17.5 Å². The van der Waals surface area contributed by atoms with Crippen LogP contribution in [0.15, 0.2) is 29.3 Å². The van der Waals surface area contributed by atoms with Crippen molar-refractivity contribution in [1.29, 1.82) is 0 Å². The number of nitrogens with zero attached hydrogens (tertiary/aromatic N) is 2. The Hall–Kier alpha value is -1.95. The van der Waals surface area contributed by atoms with E-state index in [2.05, 4.69) is 27.4 Å². The smallest absolute Gasteiger partial charge is 0.191 e. The molecule has 2 heterocycles. The van der Waals surface area contributed by atoms with Gasteiger partial charge >= 0.3 is 0 Å². The van der Waals surface area contributed by atoms with Gasteiger partial charge in [0.1, 0.15) is 12.7 Å². The highest BCUT2D eigenvalue weighted by Crippen LogP contribution is 2.30. The van der Waals surface area contributed by atoms with E-state index in [0.29, 0.717) is 13.2 Å². The predicted octanol–water partition coefficient (Wildman–Crippen LogP) is 1.72. The maximum absolute atomic E-state index is 5.96. The Morgan fingerprint density at radius 2 is 2.12 bits per heavy atom. The van der Waals surface area contributed by atoms with Crippen molar-refractivity contribution in [2.24, 2.45) is 10.9 Å². The molecule has 25 heavy (non-hydrogen) atoms. The zero-order valence-electron chi connectivity index (χ0n) is 15.3. The van der Waals surface area contributed by atoms with Crippen molar-refractivity contribution in [3.8, 4) is 11.5 Å². The van der Waals surface area contributed by atoms with Crippen LogP contribution in [0.4, 0.5) is 0 Å². The average Bonchev–Trinajstić information content (AvgIpc) is 2.64. The highest BCUT2D eigenvalue weighted by molar-refractivity contribution is 5.79. The number of piperidine rings is 1. The van der Waals surface area contributed by atoms with Crippen molar-refractivity contribution in [1.82, 2.24) is 15.5 Å². The van der Waals surface area contributed by atoms with Crippen LogP contribution in [0.2, 0.25) is 0 Å². The van der Waals surface area contributed by atoms with Crippen LogP contribution in [0.1, 0.15) is 19.8 Å². The molecule has 2 unspecified atom stereocenters. The first-order valence-electron chi connectivity index (χ1n) is 9.30. The van der Waals surface area contributed by atoms with Gasteiger partial charge in [-0.1, -0.05) is 19.1 Å². The molecule has 0 radical (unpaired) electrons. The van der Waals surface area contributed by atoms with Crippen LogP contribution in [0, 0.1) is 5.92 Å². The molecule has 0 aromatic heterocycles. The highest BCUT2D eigenvalue weighted by Gasteiger charge is 2.20. The lowest BCUT2D eigenvalue weighted by Gasteiger charge is -2.31. The first kappa shape index (κ1) is 17.9. The average molecular weight is 346 g/mol. The van der Waals surface area contributed by atoms with E-state index in [0.717, 1.165) is 36.5 Å². The number of nitrogens with one attached hydrogen (secondary N) is 2. The van der Waals surface area contributed by atoms with E-state index >= 15 is 0 Å². The first-order valence-corrected chi connectivity index (χ1v) is 9.30. The van der Waals surface area contributed by atoms with E-state index in [4.69, 9.17) is 9.47 Å². The number of hydrogen-bond acceptors (Lipinski definition) is 4. The Morgan fingerprint density at radius 3 is 2.92 bits per heavy atom. The third-order valence-corrected chi connectivity index (χ3v) is 4.75. The van der Waals surface area contributed by atoms with Crippen molar-refractivity contribution in [3.05, 3.63) is 24.3 Å². The second kappa shape index (κ2) is 8.94. The van der Waals surface area contributed by atoms with E-state index in [1.807, 2.05) is 24.3 Å². The molecular weight excluding hydrogens is 316 g/mol. The topological polar surface area (TPSA) is 58.1 Å². The van der Waals surface area contributed by atoms with Crippen LogP contribution in [0.5, 0.6) is 11.5 Å². The van der Waals surface area contributed by atoms with E-state index in [9.17, 15) is 0 Å². The van der Waals surface area contributed by atoms with Crippen LogP contribution in [-0.4, -0.2) is 63.3 Å². The van der Waals surface area contributed by atoms with E-state index in [1.165, 1.54) is 25.9 Å². The molecule has 1 aromatic rings. The monoisotopic (exact) mass is 346 g/mol. The molecule has 2 atom stereocenters. The molecule has 0 aliphatic carbocycles. The maximum Gasteiger partial charge on any atom is 0.191 e. The number of fused-ring (bicyclic) bond motifs is 1. The van der Waals surface area contributed by atoms with E-state index < -0.39 is 0 Å². The van der Waals surface area contributed by atoms with E-state index in [-0.39, 0.29) is 6.10 Å². The standard InChI is InChI=1S/C19H30N4O2/c1-15-6-5-10-23(13-15)11-9-21-19(20-2)22-12-16-14-24-17-7-3-4-8-18(17)25-16/h3-4,7-8,15-16H,5-6,9-14H2,1-2H3,(H2,20,21,22). The molecule has 1 aromatic carbocycles. The van der Waals surface area contributed by atoms with E-state index in [1.54, 1.807) is 7.05 Å². The number of hydrogen-bond donors (Lipinski definition) is 2. The largest absolute Gasteiger partial charge is 0.486 e. The minimum absolute atomic E-state index is 0.0172. The fourth-order valence-corrected chi connectivity index (χ4v) is 3.42. The van der Waals surface area contributed by atoms with Crippen molar-refractivity contribution in [2.75, 3.05) is 46.4 Å². The maximum atomic E-state index is 5.96. The highest BCUT2D eigenvalue weighted by atomic mass is 16.6. The summed E-state index contributed by atoms with van der Waals surface area (Å²) in [4.78, 5) is 6.83. The van der Waals surface area contributed by atoms with Crippen molar-refractivity contribution in [2.45, 2.75) is 25.9 Å². The first-order chi connectivity index (χ1) is 12.2. The Balaban J connectivity index is 1.37. The Labute approximate surface area is 150 Å². The van der Waals surface area contributed by atoms with Crippen molar-refractivity contribution in [3.63, 3.8) is 0 Å². The van der Waals surface area contributed by atoms with Crippen LogP contribution in [0.3, 0.4) is 0 Å². The van der Waals surface area contributed by atoms with Gasteiger partial charge in [-0.25, -0.2) is 0 Å². The fraction of sp³-hybridized carbons (Fsp3) is 0.632. The van der Waals surface area contributed by atoms with Crippen LogP contribution in [-0.2, 0) is 0 Å². The minimum atomic E-state index is -0.0172. The summed E-state index contributed by atoms with van der Waals surface area (Å²) in [6.07, 6.45) is 2.66. The molecule has 0 saturated carbocycles. The summed E-state index contributed by atoms with van der Waals surface area (Å²) in [5, 5.41) is 6.72. The van der Waals surface area contributed by atoms with Gasteiger partial charge in [-0.3, -0.25) is 4.99 Å². The van der Waals surface area contributed by atoms with Gasteiger partial charge in [0, 0.05) is 26.7 Å². The summed E-state index contributed by atoms with van der Waals surface area (Å²) >= 11 is 0. The number of para-hydroxylation sites is 2. The SMILES string of the molecule is CN=C(NCCN1CCCC(C)C1)NCC1COc2ccccc2O1. The second-order valence-electron chi connectivity index (χ2n) is 6.93. The van der Waals surface area contributed by atoms with Crippen LogP contribution in [0.25, 0.3) is 0 Å². The van der Waals surface area contributed by atoms with Crippen LogP contribution < -0.4 is 20.1 Å². The number of rotatable bonds is 5. The van der Waals surface area contributed by atoms with Crippen molar-refractivity contribution >= 4 is 5.96 Å². The number of aliphatic imine (C=N–C) groups is 1. The summed E-state index contributed by atoms with van der Waals surface area (Å²) in [6.45, 7) is 7.93. The lowest BCUT2D eigenvalue weighted by molar-refractivity contribution is 0.0936. The Bertz CT molecular complexity index is 578. The lowest BCUT2D eigenvalue weighted by atomic mass is 10.0. The zero-order chi connectivity index (χ0) is 17.5. The van der Waals surface area contributed by atoms with Gasteiger partial charge in [-0.2, -0.15) is 0 Å². The Kier molecular flexibility index (Phi) is 6.39. The molecule has 6 nitrogen and oxygen atoms in total. The fourth-order valence-electron chi connectivity index (χ4n) is 3.42. The normalized spacial score (nSPS) is 24.0. The van der Waals surface area contributed by atoms with Gasteiger partial charge < -0.3 is 25.0 Å². The molecular formula is C19H30N4O2. The van der Waals surface area contributed by atoms with Gasteiger partial charge in [0.2, 0.25) is 0 Å². The molecule has 3 rings (SSSR count). The molecule has 2 aliphatic rings. The molecule has 2 N–H and O–H groups in total. The predicted molar refractivity (Wildman–Crippen MR) is 101 cm³/mol. The number of guanidine groups is 1. The summed E-state index contributed by atoms with van der Waals surface area (Å²) in [5.41, 5.74) is 0. The Morgan fingerprint density at radius 1 is 1.28 bits per heavy atom. The molecule has 1 fully saturated rings. The molecule has 2 aliphatic heterocycles. The quantitative estimate of drug-likeness (QED) is 0.628. The molecule has 0 amide bonds. The molecule has 6 heteroatoms. The van der Waals surface area contributed by atoms with Gasteiger partial charge in [0.25, 0.3) is 0 Å². The van der Waals surface area contributed by atoms with Gasteiger partial charge in [-0.05, 0) is 37.4 Å². The number of benzene rings is 1. The summed E-state index contributed by atoms with van der Waals surface area (Å²) < 4.78 is 11.7. The van der Waals surface area contributed by atoms with Crippen LogP contribution >= 0.6 is 0 Å². The molecule has 1 saturated heterocycles. The molecule has 0 spiro atoms. The summed E-state index contributed by atoms with van der Waals surface area (Å²) in [7, 11) is 1.80. The molecule has 0 bridgehead atoms. The second-order valence-corrected chi connectivity index (χ2v) is 6.93. The van der Waals surface area contributed by atoms with Crippen molar-refractivity contribution < 1.29 is 9.47 Å². The third kappa shape index (κ3) is 5.26. The lowest BCUT2D eigenvalue weighted by Crippen LogP contribution is -2.47. The third-order valence-electron chi connectivity index (χ3n) is 4.75. The van der Waals surface area contributed by atoms with Gasteiger partial charge in [0.05, 0.1) is 6.54 Å². The molecule has 138 valence electrons. The minimum Gasteiger partial charge on any atom is -0.486 e. The van der Waals surface area contributed by atoms with Gasteiger partial charge in [-0.15, -0.1) is 0 Å². The number of ether oxygens (including phenoxy) is 2. The summed E-state index contributed by atoms with van der Waals surface area (Å²) in [5.74, 6) is 3.25. The summed E-state index contributed by atoms with van der Waals surface area (Å²) in [6, 6.07) is 7.78. The zero-order valence-corrected chi connectivity index (χ0v) is 15.3. The number of likely N-dealkylation sites (tertiary alicyclic amines) is 1.